The Bertz CT molecular complexity index is 993. The number of carbonyl (C=O) groups is 2. The number of hydrogen-bond donors (Lipinski definition) is 0. The largest absolute Gasteiger partial charge is 0.476 e. The van der Waals surface area contributed by atoms with E-state index < -0.39 is 5.60 Å². The van der Waals surface area contributed by atoms with E-state index >= 15 is 0 Å². The Kier molecular flexibility index (Phi) is 5.65. The van der Waals surface area contributed by atoms with Crippen LogP contribution in [0.15, 0.2) is 42.5 Å². The fourth-order valence-corrected chi connectivity index (χ4v) is 4.30. The van der Waals surface area contributed by atoms with Gasteiger partial charge in [-0.25, -0.2) is 0 Å². The van der Waals surface area contributed by atoms with Crippen molar-refractivity contribution in [1.29, 1.82) is 0 Å². The first-order valence-corrected chi connectivity index (χ1v) is 11.0. The third kappa shape index (κ3) is 4.38. The van der Waals surface area contributed by atoms with Gasteiger partial charge in [0.1, 0.15) is 5.75 Å². The standard InChI is InChI=1S/C25H31N3O3/c1-18-6-5-7-20(16-18)26-12-14-27(15-13-26)23(29)10-11-28-21-17-19(2)8-9-22(21)31-25(3,4)24(28)30/h5-9,16-17H,10-15H2,1-4H3. The van der Waals surface area contributed by atoms with Crippen molar-refractivity contribution < 1.29 is 14.3 Å². The van der Waals surface area contributed by atoms with Gasteiger partial charge >= 0.3 is 0 Å². The topological polar surface area (TPSA) is 53.1 Å². The molecule has 0 aliphatic carbocycles. The maximum Gasteiger partial charge on any atom is 0.270 e. The number of nitrogens with zero attached hydrogens (tertiary/aromatic N) is 3. The minimum Gasteiger partial charge on any atom is -0.476 e. The smallest absolute Gasteiger partial charge is 0.270 e. The van der Waals surface area contributed by atoms with Crippen molar-refractivity contribution in [3.05, 3.63) is 53.6 Å². The summed E-state index contributed by atoms with van der Waals surface area (Å²) in [5.41, 5.74) is 3.31. The lowest BCUT2D eigenvalue weighted by Crippen LogP contribution is -2.54. The molecule has 2 aromatic rings. The predicted octanol–water partition coefficient (Wildman–Crippen LogP) is 3.55. The number of fused-ring (bicyclic) bond motifs is 1. The zero-order chi connectivity index (χ0) is 22.2. The van der Waals surface area contributed by atoms with Crippen LogP contribution in [0.2, 0.25) is 0 Å². The van der Waals surface area contributed by atoms with Gasteiger partial charge in [-0.1, -0.05) is 18.2 Å². The van der Waals surface area contributed by atoms with Crippen LogP contribution in [-0.4, -0.2) is 55.0 Å². The summed E-state index contributed by atoms with van der Waals surface area (Å²) < 4.78 is 5.91. The summed E-state index contributed by atoms with van der Waals surface area (Å²) in [6.07, 6.45) is 0.305. The number of hydrogen-bond acceptors (Lipinski definition) is 4. The lowest BCUT2D eigenvalue weighted by molar-refractivity contribution is -0.133. The number of benzene rings is 2. The quantitative estimate of drug-likeness (QED) is 0.758. The second kappa shape index (κ2) is 8.25. The van der Waals surface area contributed by atoms with Crippen LogP contribution in [0.1, 0.15) is 31.4 Å². The number of anilines is 2. The highest BCUT2D eigenvalue weighted by atomic mass is 16.5. The van der Waals surface area contributed by atoms with Crippen LogP contribution in [0.4, 0.5) is 11.4 Å². The van der Waals surface area contributed by atoms with Crippen molar-refractivity contribution in [2.24, 2.45) is 0 Å². The highest BCUT2D eigenvalue weighted by Crippen LogP contribution is 2.38. The molecule has 2 aliphatic heterocycles. The molecule has 0 spiro atoms. The molecule has 0 bridgehead atoms. The van der Waals surface area contributed by atoms with E-state index in [4.69, 9.17) is 4.74 Å². The van der Waals surface area contributed by atoms with Gasteiger partial charge in [-0.05, 0) is 63.1 Å². The van der Waals surface area contributed by atoms with E-state index in [0.29, 0.717) is 31.8 Å². The molecular formula is C25H31N3O3. The van der Waals surface area contributed by atoms with Gasteiger partial charge in [0.25, 0.3) is 5.91 Å². The molecule has 0 atom stereocenters. The maximum atomic E-state index is 13.0. The summed E-state index contributed by atoms with van der Waals surface area (Å²) >= 11 is 0. The molecule has 31 heavy (non-hydrogen) atoms. The van der Waals surface area contributed by atoms with Crippen molar-refractivity contribution in [2.75, 3.05) is 42.5 Å². The van der Waals surface area contributed by atoms with Gasteiger partial charge in [0.2, 0.25) is 5.91 Å². The Morgan fingerprint density at radius 1 is 1.00 bits per heavy atom. The fourth-order valence-electron chi connectivity index (χ4n) is 4.30. The van der Waals surface area contributed by atoms with Crippen LogP contribution in [0.5, 0.6) is 5.75 Å². The minimum atomic E-state index is -0.940. The van der Waals surface area contributed by atoms with Gasteiger partial charge in [-0.3, -0.25) is 9.59 Å². The maximum absolute atomic E-state index is 13.0. The SMILES string of the molecule is Cc1cccc(N2CCN(C(=O)CCN3C(=O)C(C)(C)Oc4ccc(C)cc43)CC2)c1. The number of amides is 2. The molecule has 2 aromatic carbocycles. The van der Waals surface area contributed by atoms with Crippen LogP contribution in [0.3, 0.4) is 0 Å². The molecular weight excluding hydrogens is 390 g/mol. The molecule has 2 heterocycles. The Morgan fingerprint density at radius 3 is 2.42 bits per heavy atom. The number of carbonyl (C=O) groups excluding carboxylic acids is 2. The third-order valence-corrected chi connectivity index (χ3v) is 6.08. The first-order valence-electron chi connectivity index (χ1n) is 11.0. The van der Waals surface area contributed by atoms with Gasteiger partial charge in [0.05, 0.1) is 5.69 Å². The zero-order valence-electron chi connectivity index (χ0n) is 18.9. The van der Waals surface area contributed by atoms with Crippen LogP contribution in [0, 0.1) is 13.8 Å². The van der Waals surface area contributed by atoms with Gasteiger partial charge < -0.3 is 19.4 Å². The van der Waals surface area contributed by atoms with Crippen LogP contribution >= 0.6 is 0 Å². The Balaban J connectivity index is 1.39. The van der Waals surface area contributed by atoms with Gasteiger partial charge in [0.15, 0.2) is 5.60 Å². The molecule has 1 saturated heterocycles. The fraction of sp³-hybridized carbons (Fsp3) is 0.440. The number of rotatable bonds is 4. The predicted molar refractivity (Wildman–Crippen MR) is 123 cm³/mol. The van der Waals surface area contributed by atoms with Crippen molar-refractivity contribution in [3.8, 4) is 5.75 Å². The second-order valence-corrected chi connectivity index (χ2v) is 9.00. The molecule has 0 radical (unpaired) electrons. The first-order chi connectivity index (χ1) is 14.7. The minimum absolute atomic E-state index is 0.0928. The van der Waals surface area contributed by atoms with Gasteiger partial charge in [-0.2, -0.15) is 0 Å². The average Bonchev–Trinajstić information content (AvgIpc) is 2.74. The number of piperazine rings is 1. The molecule has 164 valence electrons. The lowest BCUT2D eigenvalue weighted by Gasteiger charge is -2.39. The van der Waals surface area contributed by atoms with Crippen LogP contribution < -0.4 is 14.5 Å². The van der Waals surface area contributed by atoms with Crippen LogP contribution in [0.25, 0.3) is 0 Å². The molecule has 2 aliphatic rings. The van der Waals surface area contributed by atoms with E-state index in [2.05, 4.69) is 36.1 Å². The lowest BCUT2D eigenvalue weighted by atomic mass is 10.0. The molecule has 0 unspecified atom stereocenters. The molecule has 0 N–H and O–H groups in total. The highest BCUT2D eigenvalue weighted by molar-refractivity contribution is 6.02. The molecule has 2 amide bonds. The van der Waals surface area contributed by atoms with E-state index in [9.17, 15) is 9.59 Å². The normalized spacial score (nSPS) is 17.9. The van der Waals surface area contributed by atoms with Gasteiger partial charge in [0, 0.05) is 44.8 Å². The monoisotopic (exact) mass is 421 g/mol. The highest BCUT2D eigenvalue weighted by Gasteiger charge is 2.41. The van der Waals surface area contributed by atoms with Crippen molar-refractivity contribution in [1.82, 2.24) is 4.90 Å². The first kappa shape index (κ1) is 21.2. The van der Waals surface area contributed by atoms with E-state index in [1.165, 1.54) is 11.3 Å². The molecule has 4 rings (SSSR count). The number of ether oxygens (including phenoxy) is 1. The van der Waals surface area contributed by atoms with Crippen molar-refractivity contribution >= 4 is 23.2 Å². The average molecular weight is 422 g/mol. The summed E-state index contributed by atoms with van der Waals surface area (Å²) in [4.78, 5) is 31.9. The summed E-state index contributed by atoms with van der Waals surface area (Å²) in [6.45, 7) is 11.0. The van der Waals surface area contributed by atoms with E-state index in [1.807, 2.05) is 30.0 Å². The van der Waals surface area contributed by atoms with Crippen molar-refractivity contribution in [2.45, 2.75) is 39.7 Å². The third-order valence-electron chi connectivity index (χ3n) is 6.08. The molecule has 0 aromatic heterocycles. The Morgan fingerprint density at radius 2 is 1.71 bits per heavy atom. The summed E-state index contributed by atoms with van der Waals surface area (Å²) in [6, 6.07) is 14.3. The Labute approximate surface area is 184 Å². The number of aryl methyl sites for hydroxylation is 2. The van der Waals surface area contributed by atoms with E-state index in [-0.39, 0.29) is 11.8 Å². The Hall–Kier alpha value is -3.02. The second-order valence-electron chi connectivity index (χ2n) is 9.00. The van der Waals surface area contributed by atoms with E-state index in [1.54, 1.807) is 18.7 Å². The molecule has 0 saturated carbocycles. The van der Waals surface area contributed by atoms with Crippen molar-refractivity contribution in [3.63, 3.8) is 0 Å². The molecule has 6 heteroatoms. The van der Waals surface area contributed by atoms with Crippen LogP contribution in [-0.2, 0) is 9.59 Å². The summed E-state index contributed by atoms with van der Waals surface area (Å²) in [5, 5.41) is 0. The van der Waals surface area contributed by atoms with Gasteiger partial charge in [-0.15, -0.1) is 0 Å². The molecule has 6 nitrogen and oxygen atoms in total. The zero-order valence-corrected chi connectivity index (χ0v) is 18.9. The summed E-state index contributed by atoms with van der Waals surface area (Å²) in [5.74, 6) is 0.673. The molecule has 1 fully saturated rings. The summed E-state index contributed by atoms with van der Waals surface area (Å²) in [7, 11) is 0. The van der Waals surface area contributed by atoms with E-state index in [0.717, 1.165) is 24.3 Å².